The first kappa shape index (κ1) is 10.7. The minimum Gasteiger partial charge on any atom is -0.480 e. The van der Waals surface area contributed by atoms with Crippen LogP contribution in [-0.2, 0) is 9.59 Å². The Morgan fingerprint density at radius 1 is 1.73 bits per heavy atom. The third-order valence-electron chi connectivity index (χ3n) is 0.915. The van der Waals surface area contributed by atoms with Crippen LogP contribution < -0.4 is 5.73 Å². The van der Waals surface area contributed by atoms with Crippen molar-refractivity contribution in [1.82, 2.24) is 3.45 Å². The van der Waals surface area contributed by atoms with Crippen LogP contribution in [0.5, 0.6) is 0 Å². The average molecular weight is 245 g/mol. The Morgan fingerprint density at radius 2 is 2.18 bits per heavy atom. The van der Waals surface area contributed by atoms with Crippen molar-refractivity contribution in [3.63, 3.8) is 0 Å². The van der Waals surface area contributed by atoms with E-state index in [1.54, 1.807) is 0 Å². The molecule has 0 aromatic heterocycles. The zero-order chi connectivity index (χ0) is 9.02. The summed E-state index contributed by atoms with van der Waals surface area (Å²) in [5.41, 5.74) is 4.76. The highest BCUT2D eigenvalue weighted by atomic mass is 79.9. The van der Waals surface area contributed by atoms with E-state index < -0.39 is 17.9 Å². The molecule has 11 heavy (non-hydrogen) atoms. The topological polar surface area (TPSA) is 83.6 Å². The van der Waals surface area contributed by atoms with Gasteiger partial charge >= 0.3 is 5.97 Å². The van der Waals surface area contributed by atoms with Crippen LogP contribution in [0.1, 0.15) is 6.42 Å². The van der Waals surface area contributed by atoms with Crippen LogP contribution in [0.3, 0.4) is 0 Å². The molecule has 1 amide bonds. The van der Waals surface area contributed by atoms with E-state index in [0.29, 0.717) is 0 Å². The first-order valence-electron chi connectivity index (χ1n) is 2.57. The van der Waals surface area contributed by atoms with Gasteiger partial charge in [-0.1, -0.05) is 0 Å². The largest absolute Gasteiger partial charge is 0.480 e. The highest BCUT2D eigenvalue weighted by molar-refractivity contribution is 9.08. The third kappa shape index (κ3) is 4.18. The molecule has 0 aliphatic heterocycles. The van der Waals surface area contributed by atoms with Crippen molar-refractivity contribution in [2.45, 2.75) is 12.5 Å². The monoisotopic (exact) mass is 244 g/mol. The van der Waals surface area contributed by atoms with Gasteiger partial charge in [0.15, 0.2) is 0 Å². The molecule has 0 heterocycles. The van der Waals surface area contributed by atoms with Crippen LogP contribution in [0.15, 0.2) is 0 Å². The molecule has 7 heteroatoms. The first-order valence-corrected chi connectivity index (χ1v) is 3.61. The number of rotatable bonds is 4. The Bertz CT molecular complexity index is 175. The van der Waals surface area contributed by atoms with Gasteiger partial charge in [-0.2, -0.15) is 0 Å². The van der Waals surface area contributed by atoms with Gasteiger partial charge in [-0.3, -0.25) is 9.59 Å². The number of hydrogen-bond acceptors (Lipinski definition) is 3. The Kier molecular flexibility index (Phi) is 4.39. The van der Waals surface area contributed by atoms with Crippen molar-refractivity contribution in [3.8, 4) is 0 Å². The summed E-state index contributed by atoms with van der Waals surface area (Å²) in [5.74, 6) is -1.93. The van der Waals surface area contributed by atoms with Crippen molar-refractivity contribution in [2.24, 2.45) is 5.73 Å². The van der Waals surface area contributed by atoms with Crippen LogP contribution in [0.2, 0.25) is 0 Å². The zero-order valence-corrected chi connectivity index (χ0v) is 7.67. The van der Waals surface area contributed by atoms with Gasteiger partial charge in [0, 0.05) is 16.1 Å². The first-order chi connectivity index (χ1) is 4.95. The van der Waals surface area contributed by atoms with Crippen molar-refractivity contribution in [3.05, 3.63) is 0 Å². The number of aliphatic carboxylic acids is 1. The molecule has 0 saturated heterocycles. The highest BCUT2D eigenvalue weighted by Gasteiger charge is 2.24. The fourth-order valence-corrected chi connectivity index (χ4v) is 0.903. The molecule has 64 valence electrons. The summed E-state index contributed by atoms with van der Waals surface area (Å²) in [4.78, 5) is 20.6. The number of halogens is 2. The van der Waals surface area contributed by atoms with Gasteiger partial charge in [0.2, 0.25) is 5.91 Å². The molecule has 0 saturated carbocycles. The van der Waals surface area contributed by atoms with Gasteiger partial charge in [-0.15, -0.1) is 3.45 Å². The van der Waals surface area contributed by atoms with Crippen molar-refractivity contribution < 1.29 is 14.7 Å². The summed E-state index contributed by atoms with van der Waals surface area (Å²) >= 11 is 7.92. The number of nitrogens with zero attached hydrogens (tertiary/aromatic N) is 1. The number of hydrogen-bond donors (Lipinski definition) is 2. The van der Waals surface area contributed by atoms with E-state index in [9.17, 15) is 9.59 Å². The lowest BCUT2D eigenvalue weighted by molar-refractivity contribution is -0.141. The molecule has 0 aromatic carbocycles. The number of amides is 1. The van der Waals surface area contributed by atoms with Crippen molar-refractivity contribution in [2.75, 3.05) is 0 Å². The zero-order valence-electron chi connectivity index (χ0n) is 5.33. The van der Waals surface area contributed by atoms with Gasteiger partial charge < -0.3 is 10.8 Å². The van der Waals surface area contributed by atoms with E-state index >= 15 is 0 Å². The van der Waals surface area contributed by atoms with Crippen LogP contribution in [0.4, 0.5) is 0 Å². The molecular formula is C4H6BrClN2O3. The van der Waals surface area contributed by atoms with Crippen LogP contribution >= 0.6 is 27.9 Å². The second-order valence-electron chi connectivity index (χ2n) is 1.78. The maximum Gasteiger partial charge on any atom is 0.323 e. The number of carbonyl (C=O) groups excluding carboxylic acids is 1. The van der Waals surface area contributed by atoms with E-state index in [1.807, 2.05) is 0 Å². The molecule has 0 unspecified atom stereocenters. The molecule has 0 aromatic rings. The Balaban J connectivity index is 4.12. The van der Waals surface area contributed by atoms with Gasteiger partial charge in [0.25, 0.3) is 0 Å². The van der Waals surface area contributed by atoms with E-state index in [4.69, 9.17) is 22.6 Å². The Hall–Kier alpha value is -0.330. The SMILES string of the molecule is NC(=O)C[C@@H](C(=O)O)N(Cl)Br. The molecule has 0 bridgehead atoms. The highest BCUT2D eigenvalue weighted by Crippen LogP contribution is 2.12. The second-order valence-corrected chi connectivity index (χ2v) is 3.32. The maximum atomic E-state index is 10.3. The van der Waals surface area contributed by atoms with Gasteiger partial charge in [0.05, 0.1) is 6.42 Å². The predicted octanol–water partition coefficient (Wildman–Crippen LogP) is 0.0807. The quantitative estimate of drug-likeness (QED) is 0.687. The summed E-state index contributed by atoms with van der Waals surface area (Å²) in [6, 6.07) is -1.13. The fraction of sp³-hybridized carbons (Fsp3) is 0.500. The number of carbonyl (C=O) groups is 2. The van der Waals surface area contributed by atoms with Crippen molar-refractivity contribution in [1.29, 1.82) is 0 Å². The van der Waals surface area contributed by atoms with E-state index in [2.05, 4.69) is 16.1 Å². The van der Waals surface area contributed by atoms with E-state index in [-0.39, 0.29) is 6.42 Å². The second kappa shape index (κ2) is 4.53. The van der Waals surface area contributed by atoms with E-state index in [1.165, 1.54) is 0 Å². The van der Waals surface area contributed by atoms with Gasteiger partial charge in [0.1, 0.15) is 6.04 Å². The normalized spacial score (nSPS) is 13.0. The van der Waals surface area contributed by atoms with Crippen LogP contribution in [0, 0.1) is 0 Å². The number of nitrogens with two attached hydrogens (primary N) is 1. The maximum absolute atomic E-state index is 10.3. The molecule has 0 spiro atoms. The number of carboxylic acid groups (broad SMARTS) is 1. The standard InChI is InChI=1S/C4H6BrClN2O3/c5-8(6)2(4(10)11)1-3(7)9/h2H,1H2,(H2,7,9)(H,10,11)/t2-/m0/s1. The molecule has 0 rings (SSSR count). The smallest absolute Gasteiger partial charge is 0.323 e. The van der Waals surface area contributed by atoms with Crippen LogP contribution in [0.25, 0.3) is 0 Å². The molecular weight excluding hydrogens is 239 g/mol. The van der Waals surface area contributed by atoms with Gasteiger partial charge in [-0.05, 0) is 11.8 Å². The molecule has 0 radical (unpaired) electrons. The summed E-state index contributed by atoms with van der Waals surface area (Å²) < 4.78 is 0.722. The molecule has 0 aliphatic rings. The lowest BCUT2D eigenvalue weighted by Gasteiger charge is -2.12. The fourth-order valence-electron chi connectivity index (χ4n) is 0.430. The average Bonchev–Trinajstić information content (AvgIpc) is 1.81. The summed E-state index contributed by atoms with van der Waals surface area (Å²) in [5, 5.41) is 8.43. The number of carboxylic acids is 1. The Labute approximate surface area is 76.5 Å². The molecule has 0 fully saturated rings. The summed E-state index contributed by atoms with van der Waals surface area (Å²) in [6.45, 7) is 0. The molecule has 3 N–H and O–H groups in total. The summed E-state index contributed by atoms with van der Waals surface area (Å²) in [6.07, 6.45) is -0.329. The minimum atomic E-state index is -1.21. The minimum absolute atomic E-state index is 0.329. The lowest BCUT2D eigenvalue weighted by atomic mass is 10.2. The molecule has 0 aliphatic carbocycles. The Morgan fingerprint density at radius 3 is 2.27 bits per heavy atom. The number of primary amides is 1. The van der Waals surface area contributed by atoms with E-state index in [0.717, 1.165) is 3.45 Å². The van der Waals surface area contributed by atoms with Gasteiger partial charge in [-0.25, -0.2) is 0 Å². The summed E-state index contributed by atoms with van der Waals surface area (Å²) in [7, 11) is 0. The lowest BCUT2D eigenvalue weighted by Crippen LogP contribution is -2.33. The third-order valence-corrected chi connectivity index (χ3v) is 1.65. The molecule has 5 nitrogen and oxygen atoms in total. The van der Waals surface area contributed by atoms with Crippen molar-refractivity contribution >= 4 is 39.8 Å². The molecule has 1 atom stereocenters. The van der Waals surface area contributed by atoms with Crippen LogP contribution in [-0.4, -0.2) is 26.5 Å². The predicted molar refractivity (Wildman–Crippen MR) is 41.9 cm³/mol.